The molecule has 1 heterocycles. The van der Waals surface area contributed by atoms with E-state index in [9.17, 15) is 0 Å². The van der Waals surface area contributed by atoms with Crippen molar-refractivity contribution in [2.75, 3.05) is 6.61 Å². The molecule has 1 aliphatic rings. The van der Waals surface area contributed by atoms with Crippen LogP contribution in [-0.4, -0.2) is 26.0 Å². The molecule has 0 saturated carbocycles. The van der Waals surface area contributed by atoms with Crippen molar-refractivity contribution in [1.82, 2.24) is 0 Å². The number of benzene rings is 1. The van der Waals surface area contributed by atoms with Crippen LogP contribution in [0.4, 0.5) is 0 Å². The Labute approximate surface area is 95.1 Å². The van der Waals surface area contributed by atoms with E-state index in [1.165, 1.54) is 5.56 Å². The standard InChI is InChI=1S/C9H8O.B.Ni.Si/c1-2-6-9-8(4-1)5-3-7-10-9;;;/h1-6H,7H2;;;. The average Bonchev–Trinajstić information content (AvgIpc) is 2.05. The molecule has 1 aliphatic heterocycles. The minimum Gasteiger partial charge on any atom is -0.489 e. The fourth-order valence-corrected chi connectivity index (χ4v) is 1.06. The van der Waals surface area contributed by atoms with Gasteiger partial charge >= 0.3 is 0 Å². The Morgan fingerprint density at radius 1 is 1.15 bits per heavy atom. The quantitative estimate of drug-likeness (QED) is 0.610. The van der Waals surface area contributed by atoms with Crippen LogP contribution in [0.3, 0.4) is 0 Å². The number of hydrogen-bond donors (Lipinski definition) is 0. The first-order valence-corrected chi connectivity index (χ1v) is 3.35. The topological polar surface area (TPSA) is 9.23 Å². The van der Waals surface area contributed by atoms with E-state index >= 15 is 0 Å². The van der Waals surface area contributed by atoms with Gasteiger partial charge in [-0.25, -0.2) is 0 Å². The van der Waals surface area contributed by atoms with E-state index in [1.807, 2.05) is 30.3 Å². The predicted octanol–water partition coefficient (Wildman–Crippen LogP) is 1.33. The SMILES string of the molecule is C1=Cc2ccccc2OC1.[B].[Ni].[Si]. The Balaban J connectivity index is 0. The second kappa shape index (κ2) is 6.99. The molecule has 7 radical (unpaired) electrons. The van der Waals surface area contributed by atoms with Crippen LogP contribution in [-0.2, 0) is 16.5 Å². The van der Waals surface area contributed by atoms with Gasteiger partial charge in [-0.1, -0.05) is 24.3 Å². The zero-order chi connectivity index (χ0) is 6.81. The van der Waals surface area contributed by atoms with Gasteiger partial charge in [-0.2, -0.15) is 0 Å². The maximum absolute atomic E-state index is 5.34. The molecule has 1 nitrogen and oxygen atoms in total. The monoisotopic (exact) mass is 229 g/mol. The zero-order valence-corrected chi connectivity index (χ0v) is 8.96. The van der Waals surface area contributed by atoms with Gasteiger partial charge in [0.25, 0.3) is 0 Å². The molecule has 0 saturated heterocycles. The van der Waals surface area contributed by atoms with Gasteiger partial charge in [-0.05, 0) is 12.1 Å². The zero-order valence-electron chi connectivity index (χ0n) is 6.97. The summed E-state index contributed by atoms with van der Waals surface area (Å²) in [5.41, 5.74) is 1.17. The number of ether oxygens (including phenoxy) is 1. The van der Waals surface area contributed by atoms with E-state index in [0.717, 1.165) is 5.75 Å². The largest absolute Gasteiger partial charge is 0.489 e. The Morgan fingerprint density at radius 3 is 2.54 bits per heavy atom. The number of para-hydroxylation sites is 1. The predicted molar refractivity (Wildman–Crippen MR) is 52.5 cm³/mol. The molecular formula is C9H8BNiOSi. The number of rotatable bonds is 0. The normalized spacial score (nSPS) is 10.8. The van der Waals surface area contributed by atoms with E-state index in [1.54, 1.807) is 0 Å². The van der Waals surface area contributed by atoms with Crippen molar-refractivity contribution in [1.29, 1.82) is 0 Å². The van der Waals surface area contributed by atoms with Crippen molar-refractivity contribution in [2.24, 2.45) is 0 Å². The van der Waals surface area contributed by atoms with Crippen molar-refractivity contribution in [3.8, 4) is 5.75 Å². The fourth-order valence-electron chi connectivity index (χ4n) is 1.06. The van der Waals surface area contributed by atoms with Gasteiger partial charge in [0, 0.05) is 41.4 Å². The van der Waals surface area contributed by atoms with E-state index in [0.29, 0.717) is 6.61 Å². The summed E-state index contributed by atoms with van der Waals surface area (Å²) in [5, 5.41) is 0. The van der Waals surface area contributed by atoms with E-state index < -0.39 is 0 Å². The van der Waals surface area contributed by atoms with Gasteiger partial charge in [0.15, 0.2) is 0 Å². The molecule has 0 atom stereocenters. The molecule has 1 aromatic rings. The second-order valence-electron chi connectivity index (χ2n) is 2.25. The Bertz CT molecular complexity index is 278. The molecule has 67 valence electrons. The fraction of sp³-hybridized carbons (Fsp3) is 0.111. The van der Waals surface area contributed by atoms with Crippen molar-refractivity contribution in [3.63, 3.8) is 0 Å². The average molecular weight is 230 g/mol. The first-order chi connectivity index (χ1) is 4.97. The summed E-state index contributed by atoms with van der Waals surface area (Å²) in [4.78, 5) is 0. The third-order valence-corrected chi connectivity index (χ3v) is 1.55. The van der Waals surface area contributed by atoms with Crippen LogP contribution in [0, 0.1) is 0 Å². The molecule has 0 spiro atoms. The van der Waals surface area contributed by atoms with Crippen molar-refractivity contribution >= 4 is 25.5 Å². The molecule has 4 heteroatoms. The summed E-state index contributed by atoms with van der Waals surface area (Å²) in [5.74, 6) is 0.991. The Hall–Kier alpha value is -0.465. The summed E-state index contributed by atoms with van der Waals surface area (Å²) >= 11 is 0. The van der Waals surface area contributed by atoms with Gasteiger partial charge in [0.1, 0.15) is 12.4 Å². The minimum absolute atomic E-state index is 0. The summed E-state index contributed by atoms with van der Waals surface area (Å²) in [6, 6.07) is 8.03. The first kappa shape index (κ1) is 15.0. The minimum atomic E-state index is 0. The maximum atomic E-state index is 5.34. The van der Waals surface area contributed by atoms with Crippen LogP contribution in [0.2, 0.25) is 0 Å². The molecule has 0 unspecified atom stereocenters. The number of hydrogen-bond acceptors (Lipinski definition) is 1. The van der Waals surface area contributed by atoms with Crippen LogP contribution in [0.15, 0.2) is 30.3 Å². The number of fused-ring (bicyclic) bond motifs is 1. The summed E-state index contributed by atoms with van der Waals surface area (Å²) in [6.45, 7) is 0.705. The van der Waals surface area contributed by atoms with E-state index in [4.69, 9.17) is 4.74 Å². The second-order valence-corrected chi connectivity index (χ2v) is 2.25. The third-order valence-electron chi connectivity index (χ3n) is 1.55. The summed E-state index contributed by atoms with van der Waals surface area (Å²) in [7, 11) is 0. The van der Waals surface area contributed by atoms with Crippen LogP contribution in [0.25, 0.3) is 6.08 Å². The maximum Gasteiger partial charge on any atom is 0.126 e. The van der Waals surface area contributed by atoms with Crippen LogP contribution in [0.1, 0.15) is 5.56 Å². The summed E-state index contributed by atoms with van der Waals surface area (Å²) < 4.78 is 5.34. The van der Waals surface area contributed by atoms with Crippen LogP contribution in [0.5, 0.6) is 5.75 Å². The molecular weight excluding hydrogens is 222 g/mol. The van der Waals surface area contributed by atoms with Crippen LogP contribution >= 0.6 is 0 Å². The van der Waals surface area contributed by atoms with E-state index in [2.05, 4.69) is 6.08 Å². The molecule has 13 heavy (non-hydrogen) atoms. The van der Waals surface area contributed by atoms with Crippen molar-refractivity contribution in [3.05, 3.63) is 35.9 Å². The Morgan fingerprint density at radius 2 is 1.85 bits per heavy atom. The van der Waals surface area contributed by atoms with Crippen molar-refractivity contribution < 1.29 is 21.2 Å². The van der Waals surface area contributed by atoms with Gasteiger partial charge in [-0.3, -0.25) is 0 Å². The molecule has 0 fully saturated rings. The molecule has 0 amide bonds. The van der Waals surface area contributed by atoms with Gasteiger partial charge < -0.3 is 4.74 Å². The first-order valence-electron chi connectivity index (χ1n) is 3.35. The molecule has 0 N–H and O–H groups in total. The molecule has 0 bridgehead atoms. The molecule has 0 aliphatic carbocycles. The van der Waals surface area contributed by atoms with Crippen molar-refractivity contribution in [2.45, 2.75) is 0 Å². The molecule has 0 aromatic heterocycles. The van der Waals surface area contributed by atoms with Crippen LogP contribution < -0.4 is 4.74 Å². The summed E-state index contributed by atoms with van der Waals surface area (Å²) in [6.07, 6.45) is 4.10. The van der Waals surface area contributed by atoms with Gasteiger partial charge in [-0.15, -0.1) is 0 Å². The molecule has 2 rings (SSSR count). The van der Waals surface area contributed by atoms with Gasteiger partial charge in [0.2, 0.25) is 0 Å². The Kier molecular flexibility index (Phi) is 8.08. The van der Waals surface area contributed by atoms with E-state index in [-0.39, 0.29) is 35.9 Å². The smallest absolute Gasteiger partial charge is 0.126 e. The molecule has 1 aromatic carbocycles. The van der Waals surface area contributed by atoms with Gasteiger partial charge in [0.05, 0.1) is 0 Å². The third kappa shape index (κ3) is 3.41.